The molecule has 0 bridgehead atoms. The Labute approximate surface area is 138 Å². The average molecular weight is 329 g/mol. The lowest BCUT2D eigenvalue weighted by Gasteiger charge is -2.36. The molecule has 3 nitrogen and oxygen atoms in total. The van der Waals surface area contributed by atoms with Crippen LogP contribution in [0.2, 0.25) is 18.1 Å². The van der Waals surface area contributed by atoms with Gasteiger partial charge in [-0.3, -0.25) is 0 Å². The molecule has 2 unspecified atom stereocenters. The van der Waals surface area contributed by atoms with Crippen LogP contribution in [0.15, 0.2) is 24.3 Å². The molecule has 0 aliphatic heterocycles. The van der Waals surface area contributed by atoms with Gasteiger partial charge in [-0.05, 0) is 37.4 Å². The van der Waals surface area contributed by atoms with Crippen molar-refractivity contribution in [2.45, 2.75) is 83.7 Å². The monoisotopic (exact) mass is 328 g/mol. The third kappa shape index (κ3) is 9.56. The summed E-state index contributed by atoms with van der Waals surface area (Å²) in [5, 5.41) is 19.6. The predicted molar refractivity (Wildman–Crippen MR) is 97.6 cm³/mol. The van der Waals surface area contributed by atoms with Gasteiger partial charge in [0.25, 0.3) is 0 Å². The van der Waals surface area contributed by atoms with Crippen LogP contribution in [0.5, 0.6) is 0 Å². The topological polar surface area (TPSA) is 49.7 Å². The van der Waals surface area contributed by atoms with Crippen LogP contribution in [0.1, 0.15) is 53.4 Å². The standard InChI is InChI=1S/C18H36O3Si/c1-7-11-16(19)12-8-9-13-17(20)14-10-15-21-22(5,6)18(2,3)4/h8-9,12-13,16-17,19-20H,7,10-11,14-15H2,1-6H3/b12-8-,13-9-. The zero-order valence-corrected chi connectivity index (χ0v) is 16.3. The number of rotatable bonds is 10. The Balaban J connectivity index is 3.94. The fourth-order valence-electron chi connectivity index (χ4n) is 1.71. The molecule has 0 rings (SSSR count). The second kappa shape index (κ2) is 10.4. The summed E-state index contributed by atoms with van der Waals surface area (Å²) in [6, 6.07) is 0. The molecule has 0 amide bonds. The Morgan fingerprint density at radius 1 is 1.00 bits per heavy atom. The van der Waals surface area contributed by atoms with Gasteiger partial charge < -0.3 is 14.6 Å². The molecule has 0 aromatic rings. The van der Waals surface area contributed by atoms with Crippen LogP contribution in [0.4, 0.5) is 0 Å². The van der Waals surface area contributed by atoms with Crippen molar-refractivity contribution in [2.75, 3.05) is 6.61 Å². The van der Waals surface area contributed by atoms with E-state index in [4.69, 9.17) is 4.43 Å². The molecule has 22 heavy (non-hydrogen) atoms. The van der Waals surface area contributed by atoms with E-state index in [-0.39, 0.29) is 11.1 Å². The maximum Gasteiger partial charge on any atom is 0.191 e. The number of hydrogen-bond acceptors (Lipinski definition) is 3. The lowest BCUT2D eigenvalue weighted by atomic mass is 10.1. The minimum absolute atomic E-state index is 0.232. The highest BCUT2D eigenvalue weighted by Crippen LogP contribution is 2.36. The van der Waals surface area contributed by atoms with Crippen LogP contribution in [0, 0.1) is 0 Å². The molecule has 2 N–H and O–H groups in total. The van der Waals surface area contributed by atoms with Crippen LogP contribution >= 0.6 is 0 Å². The smallest absolute Gasteiger partial charge is 0.191 e. The largest absolute Gasteiger partial charge is 0.417 e. The van der Waals surface area contributed by atoms with Crippen molar-refractivity contribution in [2.24, 2.45) is 0 Å². The van der Waals surface area contributed by atoms with E-state index in [1.807, 2.05) is 6.92 Å². The van der Waals surface area contributed by atoms with E-state index in [0.29, 0.717) is 13.0 Å². The summed E-state index contributed by atoms with van der Waals surface area (Å²) >= 11 is 0. The molecule has 0 fully saturated rings. The highest BCUT2D eigenvalue weighted by molar-refractivity contribution is 6.74. The average Bonchev–Trinajstić information content (AvgIpc) is 2.39. The van der Waals surface area contributed by atoms with Gasteiger partial charge in [0.1, 0.15) is 0 Å². The van der Waals surface area contributed by atoms with Crippen LogP contribution in [0.3, 0.4) is 0 Å². The van der Waals surface area contributed by atoms with Gasteiger partial charge in [-0.2, -0.15) is 0 Å². The zero-order chi connectivity index (χ0) is 17.2. The second-order valence-corrected chi connectivity index (χ2v) is 12.3. The molecule has 130 valence electrons. The van der Waals surface area contributed by atoms with Gasteiger partial charge in [-0.1, -0.05) is 58.4 Å². The van der Waals surface area contributed by atoms with Gasteiger partial charge in [-0.25, -0.2) is 0 Å². The maximum atomic E-state index is 9.88. The maximum absolute atomic E-state index is 9.88. The summed E-state index contributed by atoms with van der Waals surface area (Å²) in [6.07, 6.45) is 9.60. The lowest BCUT2D eigenvalue weighted by Crippen LogP contribution is -2.41. The summed E-state index contributed by atoms with van der Waals surface area (Å²) in [5.41, 5.74) is 0. The summed E-state index contributed by atoms with van der Waals surface area (Å²) in [4.78, 5) is 0. The molecular formula is C18H36O3Si. The summed E-state index contributed by atoms with van der Waals surface area (Å²) in [7, 11) is -1.67. The van der Waals surface area contributed by atoms with E-state index >= 15 is 0 Å². The predicted octanol–water partition coefficient (Wildman–Crippen LogP) is 4.42. The van der Waals surface area contributed by atoms with Crippen molar-refractivity contribution >= 4 is 8.32 Å². The molecule has 0 aliphatic rings. The number of aliphatic hydroxyl groups excluding tert-OH is 2. The van der Waals surface area contributed by atoms with Crippen molar-refractivity contribution < 1.29 is 14.6 Å². The third-order valence-electron chi connectivity index (χ3n) is 4.28. The van der Waals surface area contributed by atoms with E-state index in [0.717, 1.165) is 19.3 Å². The Morgan fingerprint density at radius 3 is 1.95 bits per heavy atom. The van der Waals surface area contributed by atoms with E-state index in [1.54, 1.807) is 24.3 Å². The molecule has 0 saturated heterocycles. The quantitative estimate of drug-likeness (QED) is 0.354. The van der Waals surface area contributed by atoms with Gasteiger partial charge in [0.15, 0.2) is 8.32 Å². The van der Waals surface area contributed by atoms with Crippen molar-refractivity contribution in [3.8, 4) is 0 Å². The molecule has 0 saturated carbocycles. The summed E-state index contributed by atoms with van der Waals surface area (Å²) in [6.45, 7) is 13.9. The zero-order valence-electron chi connectivity index (χ0n) is 15.3. The van der Waals surface area contributed by atoms with E-state index in [2.05, 4.69) is 33.9 Å². The normalized spacial score (nSPS) is 16.5. The van der Waals surface area contributed by atoms with Crippen LogP contribution < -0.4 is 0 Å². The first kappa shape index (κ1) is 21.6. The molecule has 0 radical (unpaired) electrons. The SMILES string of the molecule is CCCC(O)/C=C\C=C/C(O)CCCO[Si](C)(C)C(C)(C)C. The molecular weight excluding hydrogens is 292 g/mol. The first-order valence-electron chi connectivity index (χ1n) is 8.45. The minimum Gasteiger partial charge on any atom is -0.417 e. The molecule has 0 aliphatic carbocycles. The Morgan fingerprint density at radius 2 is 1.50 bits per heavy atom. The van der Waals surface area contributed by atoms with Gasteiger partial charge >= 0.3 is 0 Å². The lowest BCUT2D eigenvalue weighted by molar-refractivity contribution is 0.191. The van der Waals surface area contributed by atoms with Crippen LogP contribution in [-0.4, -0.2) is 37.3 Å². The molecule has 0 aromatic carbocycles. The number of allylic oxidation sites excluding steroid dienone is 2. The molecule has 0 spiro atoms. The molecule has 0 aromatic heterocycles. The van der Waals surface area contributed by atoms with Gasteiger partial charge in [0.2, 0.25) is 0 Å². The second-order valence-electron chi connectivity index (χ2n) is 7.44. The van der Waals surface area contributed by atoms with Crippen molar-refractivity contribution in [1.29, 1.82) is 0 Å². The third-order valence-corrected chi connectivity index (χ3v) is 8.81. The van der Waals surface area contributed by atoms with E-state index in [9.17, 15) is 10.2 Å². The fraction of sp³-hybridized carbons (Fsp3) is 0.778. The minimum atomic E-state index is -1.67. The molecule has 4 heteroatoms. The van der Waals surface area contributed by atoms with Crippen LogP contribution in [0.25, 0.3) is 0 Å². The Hall–Kier alpha value is -0.423. The summed E-state index contributed by atoms with van der Waals surface area (Å²) < 4.78 is 6.08. The first-order chi connectivity index (χ1) is 10.1. The van der Waals surface area contributed by atoms with Crippen LogP contribution in [-0.2, 0) is 4.43 Å². The Bertz CT molecular complexity index is 343. The van der Waals surface area contributed by atoms with Crippen molar-refractivity contribution in [3.63, 3.8) is 0 Å². The van der Waals surface area contributed by atoms with Gasteiger partial charge in [-0.15, -0.1) is 0 Å². The van der Waals surface area contributed by atoms with Crippen molar-refractivity contribution in [3.05, 3.63) is 24.3 Å². The highest BCUT2D eigenvalue weighted by atomic mass is 28.4. The Kier molecular flexibility index (Phi) is 10.2. The van der Waals surface area contributed by atoms with Gasteiger partial charge in [0, 0.05) is 6.61 Å². The molecule has 2 atom stereocenters. The van der Waals surface area contributed by atoms with Crippen molar-refractivity contribution in [1.82, 2.24) is 0 Å². The van der Waals surface area contributed by atoms with E-state index in [1.165, 1.54) is 0 Å². The van der Waals surface area contributed by atoms with Gasteiger partial charge in [0.05, 0.1) is 12.2 Å². The number of aliphatic hydroxyl groups is 2. The summed E-state index contributed by atoms with van der Waals surface area (Å²) in [5.74, 6) is 0. The molecule has 0 heterocycles. The number of hydrogen-bond donors (Lipinski definition) is 2. The van der Waals surface area contributed by atoms with E-state index < -0.39 is 14.4 Å². The fourth-order valence-corrected chi connectivity index (χ4v) is 2.80. The highest BCUT2D eigenvalue weighted by Gasteiger charge is 2.36. The first-order valence-corrected chi connectivity index (χ1v) is 11.4.